The van der Waals surface area contributed by atoms with Crippen molar-refractivity contribution in [2.45, 2.75) is 18.9 Å². The highest BCUT2D eigenvalue weighted by molar-refractivity contribution is 7.10. The predicted octanol–water partition coefficient (Wildman–Crippen LogP) is 5.30. The third-order valence-electron chi connectivity index (χ3n) is 5.30. The van der Waals surface area contributed by atoms with E-state index < -0.39 is 0 Å². The summed E-state index contributed by atoms with van der Waals surface area (Å²) < 4.78 is 0. The molecular formula is C22H19N3OS. The van der Waals surface area contributed by atoms with Gasteiger partial charge >= 0.3 is 6.03 Å². The Hall–Kier alpha value is -2.92. The van der Waals surface area contributed by atoms with E-state index in [1.54, 1.807) is 16.3 Å². The van der Waals surface area contributed by atoms with Crippen molar-refractivity contribution in [2.75, 3.05) is 5.32 Å². The molecule has 5 heteroatoms. The molecule has 2 aliphatic rings. The van der Waals surface area contributed by atoms with Crippen LogP contribution in [0.2, 0.25) is 0 Å². The van der Waals surface area contributed by atoms with Crippen LogP contribution >= 0.6 is 11.3 Å². The van der Waals surface area contributed by atoms with Crippen molar-refractivity contribution in [3.63, 3.8) is 0 Å². The maximum absolute atomic E-state index is 13.1. The number of carbonyl (C=O) groups excluding carboxylic acids is 1. The van der Waals surface area contributed by atoms with Crippen molar-refractivity contribution < 1.29 is 4.79 Å². The molecule has 4 nitrogen and oxygen atoms in total. The van der Waals surface area contributed by atoms with Gasteiger partial charge in [-0.2, -0.15) is 5.10 Å². The summed E-state index contributed by atoms with van der Waals surface area (Å²) in [4.78, 5) is 14.3. The first-order chi connectivity index (χ1) is 13.3. The third-order valence-corrected chi connectivity index (χ3v) is 6.24. The lowest BCUT2D eigenvalue weighted by Crippen LogP contribution is -2.34. The zero-order valence-electron chi connectivity index (χ0n) is 14.7. The number of amides is 2. The Balaban J connectivity index is 1.54. The zero-order chi connectivity index (χ0) is 18.2. The number of hydrogen-bond acceptors (Lipinski definition) is 3. The van der Waals surface area contributed by atoms with Gasteiger partial charge in [0.05, 0.1) is 11.8 Å². The average molecular weight is 373 g/mol. The van der Waals surface area contributed by atoms with Crippen molar-refractivity contribution >= 4 is 28.8 Å². The molecule has 2 heterocycles. The van der Waals surface area contributed by atoms with Crippen molar-refractivity contribution in [3.8, 4) is 0 Å². The summed E-state index contributed by atoms with van der Waals surface area (Å²) in [5.74, 6) is 0.236. The summed E-state index contributed by atoms with van der Waals surface area (Å²) in [5.41, 5.74) is 4.33. The number of hydrazone groups is 1. The molecule has 1 aliphatic carbocycles. The molecule has 0 spiro atoms. The van der Waals surface area contributed by atoms with Crippen LogP contribution in [0.3, 0.4) is 0 Å². The van der Waals surface area contributed by atoms with Gasteiger partial charge in [0.1, 0.15) is 0 Å². The number of thiophene rings is 1. The number of para-hydroxylation sites is 1. The van der Waals surface area contributed by atoms with Crippen LogP contribution < -0.4 is 5.32 Å². The Labute approximate surface area is 162 Å². The fraction of sp³-hybridized carbons (Fsp3) is 0.182. The molecule has 5 rings (SSSR count). The SMILES string of the molecule is O=C(Nc1ccccc1)N1N=C2c3ccccc3CCC2C1c1cccs1. The third kappa shape index (κ3) is 2.84. The molecule has 2 unspecified atom stereocenters. The first kappa shape index (κ1) is 16.3. The van der Waals surface area contributed by atoms with Crippen LogP contribution in [0.5, 0.6) is 0 Å². The Morgan fingerprint density at radius 3 is 2.67 bits per heavy atom. The molecule has 2 aromatic carbocycles. The molecule has 2 atom stereocenters. The van der Waals surface area contributed by atoms with E-state index in [1.165, 1.54) is 16.0 Å². The lowest BCUT2D eigenvalue weighted by atomic mass is 9.79. The Kier molecular flexibility index (Phi) is 4.02. The van der Waals surface area contributed by atoms with Gasteiger partial charge in [0.25, 0.3) is 0 Å². The van der Waals surface area contributed by atoms with Gasteiger partial charge in [-0.15, -0.1) is 11.3 Å². The minimum atomic E-state index is -0.181. The predicted molar refractivity (Wildman–Crippen MR) is 109 cm³/mol. The highest BCUT2D eigenvalue weighted by atomic mass is 32.1. The number of benzene rings is 2. The van der Waals surface area contributed by atoms with Crippen molar-refractivity contribution in [1.82, 2.24) is 5.01 Å². The van der Waals surface area contributed by atoms with Gasteiger partial charge in [0.2, 0.25) is 0 Å². The minimum Gasteiger partial charge on any atom is -0.306 e. The molecule has 0 fully saturated rings. The fourth-order valence-electron chi connectivity index (χ4n) is 4.07. The van der Waals surface area contributed by atoms with E-state index in [-0.39, 0.29) is 18.0 Å². The van der Waals surface area contributed by atoms with Crippen molar-refractivity contribution in [2.24, 2.45) is 11.0 Å². The highest BCUT2D eigenvalue weighted by Gasteiger charge is 2.44. The number of urea groups is 1. The lowest BCUT2D eigenvalue weighted by molar-refractivity contribution is 0.189. The molecule has 0 bridgehead atoms. The van der Waals surface area contributed by atoms with E-state index in [0.29, 0.717) is 0 Å². The second-order valence-electron chi connectivity index (χ2n) is 6.89. The van der Waals surface area contributed by atoms with Crippen molar-refractivity contribution in [3.05, 3.63) is 88.1 Å². The van der Waals surface area contributed by atoms with E-state index >= 15 is 0 Å². The summed E-state index contributed by atoms with van der Waals surface area (Å²) in [6, 6.07) is 21.9. The summed E-state index contributed by atoms with van der Waals surface area (Å²) in [7, 11) is 0. The van der Waals surface area contributed by atoms with Gasteiger partial charge in [-0.25, -0.2) is 9.80 Å². The Bertz CT molecular complexity index is 997. The first-order valence-corrected chi connectivity index (χ1v) is 10.0. The lowest BCUT2D eigenvalue weighted by Gasteiger charge is -2.28. The monoisotopic (exact) mass is 373 g/mol. The summed E-state index contributed by atoms with van der Waals surface area (Å²) in [6.45, 7) is 0. The molecule has 0 saturated carbocycles. The molecule has 2 amide bonds. The normalized spacial score (nSPS) is 20.6. The first-order valence-electron chi connectivity index (χ1n) is 9.17. The summed E-state index contributed by atoms with van der Waals surface area (Å²) in [6.07, 6.45) is 2.03. The average Bonchev–Trinajstić information content (AvgIpc) is 3.36. The molecule has 27 heavy (non-hydrogen) atoms. The van der Waals surface area contributed by atoms with E-state index in [1.807, 2.05) is 36.4 Å². The molecule has 1 aliphatic heterocycles. The number of nitrogens with zero attached hydrogens (tertiary/aromatic N) is 2. The van der Waals surface area contributed by atoms with E-state index in [9.17, 15) is 4.79 Å². The molecule has 0 saturated heterocycles. The van der Waals surface area contributed by atoms with Crippen molar-refractivity contribution in [1.29, 1.82) is 0 Å². The summed E-state index contributed by atoms with van der Waals surface area (Å²) >= 11 is 1.69. The smallest absolute Gasteiger partial charge is 0.306 e. The van der Waals surface area contributed by atoms with Gasteiger partial charge < -0.3 is 5.32 Å². The quantitative estimate of drug-likeness (QED) is 0.650. The molecule has 0 radical (unpaired) electrons. The van der Waals surface area contributed by atoms with Gasteiger partial charge in [0.15, 0.2) is 0 Å². The Morgan fingerprint density at radius 2 is 1.85 bits per heavy atom. The molecule has 3 aromatic rings. The number of fused-ring (bicyclic) bond motifs is 3. The van der Waals surface area contributed by atoms with Crippen LogP contribution in [0, 0.1) is 5.92 Å². The largest absolute Gasteiger partial charge is 0.342 e. The number of hydrogen-bond donors (Lipinski definition) is 1. The van der Waals surface area contributed by atoms with Crippen LogP contribution in [0.25, 0.3) is 0 Å². The van der Waals surface area contributed by atoms with Gasteiger partial charge in [-0.05, 0) is 42.0 Å². The topological polar surface area (TPSA) is 44.7 Å². The highest BCUT2D eigenvalue weighted by Crippen LogP contribution is 2.44. The molecule has 134 valence electrons. The second kappa shape index (κ2) is 6.67. The Morgan fingerprint density at radius 1 is 1.04 bits per heavy atom. The van der Waals surface area contributed by atoms with Crippen LogP contribution in [0.4, 0.5) is 10.5 Å². The number of rotatable bonds is 2. The second-order valence-corrected chi connectivity index (χ2v) is 7.87. The van der Waals surface area contributed by atoms with Gasteiger partial charge in [0, 0.05) is 22.0 Å². The van der Waals surface area contributed by atoms with Gasteiger partial charge in [-0.1, -0.05) is 48.5 Å². The van der Waals surface area contributed by atoms with E-state index in [4.69, 9.17) is 5.10 Å². The number of aryl methyl sites for hydroxylation is 1. The number of anilines is 1. The standard InChI is InChI=1S/C22H19N3OS/c26-22(23-16-8-2-1-3-9-16)25-21(19-11-6-14-27-19)18-13-12-15-7-4-5-10-17(15)20(18)24-25/h1-11,14,18,21H,12-13H2,(H,23,26). The maximum atomic E-state index is 13.1. The van der Waals surface area contributed by atoms with Crippen LogP contribution in [-0.2, 0) is 6.42 Å². The maximum Gasteiger partial charge on any atom is 0.342 e. The zero-order valence-corrected chi connectivity index (χ0v) is 15.5. The molecule has 1 N–H and O–H groups in total. The van der Waals surface area contributed by atoms with E-state index in [0.717, 1.165) is 24.2 Å². The fourth-order valence-corrected chi connectivity index (χ4v) is 4.95. The van der Waals surface area contributed by atoms with Crippen LogP contribution in [0.15, 0.2) is 77.2 Å². The minimum absolute atomic E-state index is 0.0444. The number of nitrogens with one attached hydrogen (secondary N) is 1. The molecule has 1 aromatic heterocycles. The van der Waals surface area contributed by atoms with Crippen LogP contribution in [-0.4, -0.2) is 16.8 Å². The summed E-state index contributed by atoms with van der Waals surface area (Å²) in [5, 5.41) is 11.5. The number of carbonyl (C=O) groups is 1. The van der Waals surface area contributed by atoms with E-state index in [2.05, 4.69) is 41.0 Å². The van der Waals surface area contributed by atoms with Gasteiger partial charge in [-0.3, -0.25) is 0 Å². The van der Waals surface area contributed by atoms with Crippen LogP contribution in [0.1, 0.15) is 28.5 Å². The molecular weight excluding hydrogens is 354 g/mol.